The molecule has 1 aromatic heterocycles. The topological polar surface area (TPSA) is 56.2 Å². The number of carbonyl (C=O) groups excluding carboxylic acids is 1. The molecule has 0 fully saturated rings. The summed E-state index contributed by atoms with van der Waals surface area (Å²) in [6, 6.07) is 6.08. The zero-order valence-corrected chi connectivity index (χ0v) is 10.4. The van der Waals surface area contributed by atoms with Gasteiger partial charge in [-0.3, -0.25) is 4.79 Å². The molecule has 17 heavy (non-hydrogen) atoms. The van der Waals surface area contributed by atoms with Crippen molar-refractivity contribution in [2.24, 2.45) is 5.73 Å². The van der Waals surface area contributed by atoms with E-state index < -0.39 is 0 Å². The number of primary amides is 1. The Kier molecular flexibility index (Phi) is 2.69. The fraction of sp³-hybridized carbons (Fsp3) is 0.357. The Morgan fingerprint density at radius 1 is 1.35 bits per heavy atom. The van der Waals surface area contributed by atoms with E-state index in [1.807, 2.05) is 6.07 Å². The first kappa shape index (κ1) is 11.7. The second-order valence-corrected chi connectivity index (χ2v) is 5.36. The highest BCUT2D eigenvalue weighted by Gasteiger charge is 2.16. The lowest BCUT2D eigenvalue weighted by Gasteiger charge is -2.18. The third-order valence-electron chi connectivity index (χ3n) is 2.88. The number of rotatable bonds is 2. The number of hydrogen-bond acceptors (Lipinski definition) is 2. The molecular formula is C14H17NO2. The molecule has 0 aliphatic carbocycles. The van der Waals surface area contributed by atoms with Crippen LogP contribution in [0.2, 0.25) is 0 Å². The van der Waals surface area contributed by atoms with E-state index >= 15 is 0 Å². The van der Waals surface area contributed by atoms with E-state index in [9.17, 15) is 4.79 Å². The van der Waals surface area contributed by atoms with Gasteiger partial charge in [-0.15, -0.1) is 0 Å². The first-order valence-electron chi connectivity index (χ1n) is 5.67. The summed E-state index contributed by atoms with van der Waals surface area (Å²) in [5.41, 5.74) is 8.18. The van der Waals surface area contributed by atoms with E-state index in [0.717, 1.165) is 16.5 Å². The van der Waals surface area contributed by atoms with Gasteiger partial charge in [-0.1, -0.05) is 26.8 Å². The minimum absolute atomic E-state index is 0.0788. The lowest BCUT2D eigenvalue weighted by molar-refractivity contribution is -0.117. The molecule has 1 amide bonds. The Morgan fingerprint density at radius 3 is 2.65 bits per heavy atom. The molecule has 3 heteroatoms. The Bertz CT molecular complexity index is 561. The maximum atomic E-state index is 11.0. The highest BCUT2D eigenvalue weighted by molar-refractivity contribution is 5.87. The molecule has 0 unspecified atom stereocenters. The van der Waals surface area contributed by atoms with Crippen LogP contribution in [0.25, 0.3) is 11.0 Å². The van der Waals surface area contributed by atoms with Crippen molar-refractivity contribution in [2.45, 2.75) is 32.6 Å². The number of nitrogens with two attached hydrogens (primary N) is 1. The van der Waals surface area contributed by atoms with Gasteiger partial charge in [-0.2, -0.15) is 0 Å². The Morgan fingerprint density at radius 2 is 2.06 bits per heavy atom. The summed E-state index contributed by atoms with van der Waals surface area (Å²) >= 11 is 0. The van der Waals surface area contributed by atoms with Crippen molar-refractivity contribution in [3.63, 3.8) is 0 Å². The van der Waals surface area contributed by atoms with Crippen LogP contribution in [-0.4, -0.2) is 5.91 Å². The van der Waals surface area contributed by atoms with E-state index in [4.69, 9.17) is 10.2 Å². The second-order valence-electron chi connectivity index (χ2n) is 5.36. The van der Waals surface area contributed by atoms with E-state index in [2.05, 4.69) is 32.9 Å². The molecule has 0 radical (unpaired) electrons. The molecule has 1 heterocycles. The maximum absolute atomic E-state index is 11.0. The number of benzene rings is 1. The van der Waals surface area contributed by atoms with Crippen molar-refractivity contribution in [2.75, 3.05) is 0 Å². The van der Waals surface area contributed by atoms with Crippen molar-refractivity contribution in [3.05, 3.63) is 35.6 Å². The van der Waals surface area contributed by atoms with E-state index in [-0.39, 0.29) is 17.7 Å². The predicted octanol–water partition coefficient (Wildman–Crippen LogP) is 2.76. The lowest BCUT2D eigenvalue weighted by atomic mass is 9.86. The molecule has 1 aromatic carbocycles. The summed E-state index contributed by atoms with van der Waals surface area (Å²) in [4.78, 5) is 11.0. The Labute approximate surface area is 101 Å². The van der Waals surface area contributed by atoms with Crippen molar-refractivity contribution >= 4 is 16.9 Å². The van der Waals surface area contributed by atoms with Crippen LogP contribution in [0.3, 0.4) is 0 Å². The van der Waals surface area contributed by atoms with Crippen molar-refractivity contribution < 1.29 is 9.21 Å². The van der Waals surface area contributed by atoms with Gasteiger partial charge in [0.05, 0.1) is 12.7 Å². The van der Waals surface area contributed by atoms with Gasteiger partial charge < -0.3 is 10.2 Å². The zero-order valence-electron chi connectivity index (χ0n) is 10.4. The van der Waals surface area contributed by atoms with Crippen molar-refractivity contribution in [3.8, 4) is 0 Å². The van der Waals surface area contributed by atoms with Gasteiger partial charge in [0.1, 0.15) is 5.58 Å². The minimum atomic E-state index is -0.339. The molecule has 2 N–H and O–H groups in total. The van der Waals surface area contributed by atoms with Gasteiger partial charge in [-0.05, 0) is 23.1 Å². The molecular weight excluding hydrogens is 214 g/mol. The molecule has 0 atom stereocenters. The highest BCUT2D eigenvalue weighted by Crippen LogP contribution is 2.29. The average molecular weight is 231 g/mol. The van der Waals surface area contributed by atoms with E-state index in [1.54, 1.807) is 6.26 Å². The van der Waals surface area contributed by atoms with Crippen molar-refractivity contribution in [1.29, 1.82) is 0 Å². The normalized spacial score (nSPS) is 11.9. The van der Waals surface area contributed by atoms with Gasteiger partial charge in [-0.25, -0.2) is 0 Å². The monoisotopic (exact) mass is 231 g/mol. The molecule has 90 valence electrons. The van der Waals surface area contributed by atoms with Gasteiger partial charge in [0.25, 0.3) is 0 Å². The zero-order chi connectivity index (χ0) is 12.6. The fourth-order valence-electron chi connectivity index (χ4n) is 1.87. The van der Waals surface area contributed by atoms with E-state index in [1.165, 1.54) is 5.56 Å². The van der Waals surface area contributed by atoms with Gasteiger partial charge >= 0.3 is 0 Å². The number of furan rings is 1. The largest absolute Gasteiger partial charge is 0.464 e. The summed E-state index contributed by atoms with van der Waals surface area (Å²) in [5, 5.41) is 0.983. The van der Waals surface area contributed by atoms with Gasteiger partial charge in [0.2, 0.25) is 5.91 Å². The number of amides is 1. The molecule has 0 saturated heterocycles. The fourth-order valence-corrected chi connectivity index (χ4v) is 1.87. The molecule has 2 aromatic rings. The molecule has 3 nitrogen and oxygen atoms in total. The van der Waals surface area contributed by atoms with Crippen LogP contribution in [0, 0.1) is 0 Å². The van der Waals surface area contributed by atoms with Crippen LogP contribution in [0.4, 0.5) is 0 Å². The molecule has 2 rings (SSSR count). The number of hydrogen-bond donors (Lipinski definition) is 1. The SMILES string of the molecule is CC(C)(C)c1ccc2occ(CC(N)=O)c2c1. The molecule has 0 aliphatic rings. The predicted molar refractivity (Wildman–Crippen MR) is 67.8 cm³/mol. The Balaban J connectivity index is 2.54. The summed E-state index contributed by atoms with van der Waals surface area (Å²) < 4.78 is 5.41. The summed E-state index contributed by atoms with van der Waals surface area (Å²) in [6.07, 6.45) is 1.84. The quantitative estimate of drug-likeness (QED) is 0.864. The first-order chi connectivity index (χ1) is 7.88. The summed E-state index contributed by atoms with van der Waals surface area (Å²) in [6.45, 7) is 6.46. The van der Waals surface area contributed by atoms with Crippen LogP contribution in [0.15, 0.2) is 28.9 Å². The first-order valence-corrected chi connectivity index (χ1v) is 5.67. The molecule has 0 aliphatic heterocycles. The second kappa shape index (κ2) is 3.91. The summed E-state index contributed by atoms with van der Waals surface area (Å²) in [7, 11) is 0. The van der Waals surface area contributed by atoms with Gasteiger partial charge in [0, 0.05) is 10.9 Å². The van der Waals surface area contributed by atoms with E-state index in [0.29, 0.717) is 0 Å². The molecule has 0 spiro atoms. The third kappa shape index (κ3) is 2.33. The van der Waals surface area contributed by atoms with Gasteiger partial charge in [0.15, 0.2) is 0 Å². The van der Waals surface area contributed by atoms with Crippen LogP contribution in [-0.2, 0) is 16.6 Å². The molecule has 0 saturated carbocycles. The standard InChI is InChI=1S/C14H17NO2/c1-14(2,3)10-4-5-12-11(7-10)9(8-17-12)6-13(15)16/h4-5,7-8H,6H2,1-3H3,(H2,15,16). The Hall–Kier alpha value is -1.77. The van der Waals surface area contributed by atoms with Crippen molar-refractivity contribution in [1.82, 2.24) is 0 Å². The number of fused-ring (bicyclic) bond motifs is 1. The minimum Gasteiger partial charge on any atom is -0.464 e. The third-order valence-corrected chi connectivity index (χ3v) is 2.88. The molecule has 0 bridgehead atoms. The van der Waals surface area contributed by atoms with Crippen LogP contribution >= 0.6 is 0 Å². The van der Waals surface area contributed by atoms with Crippen LogP contribution < -0.4 is 5.73 Å². The van der Waals surface area contributed by atoms with Crippen LogP contribution in [0.5, 0.6) is 0 Å². The highest BCUT2D eigenvalue weighted by atomic mass is 16.3. The number of carbonyl (C=O) groups is 1. The summed E-state index contributed by atoms with van der Waals surface area (Å²) in [5.74, 6) is -0.339. The lowest BCUT2D eigenvalue weighted by Crippen LogP contribution is -2.13. The average Bonchev–Trinajstić information content (AvgIpc) is 2.59. The van der Waals surface area contributed by atoms with Crippen LogP contribution in [0.1, 0.15) is 31.9 Å². The maximum Gasteiger partial charge on any atom is 0.221 e. The smallest absolute Gasteiger partial charge is 0.221 e.